The molecule has 1 aliphatic rings. The van der Waals surface area contributed by atoms with Crippen molar-refractivity contribution in [1.82, 2.24) is 20.4 Å². The maximum absolute atomic E-state index is 11.5. The van der Waals surface area contributed by atoms with E-state index in [4.69, 9.17) is 9.15 Å². The molecule has 0 unspecified atom stereocenters. The van der Waals surface area contributed by atoms with Crippen LogP contribution in [0.25, 0.3) is 11.5 Å². The van der Waals surface area contributed by atoms with Crippen LogP contribution < -0.4 is 10.1 Å². The molecule has 0 spiro atoms. The largest absolute Gasteiger partial charge is 0.497 e. The van der Waals surface area contributed by atoms with Crippen LogP contribution in [-0.4, -0.2) is 47.7 Å². The molecule has 116 valence electrons. The number of rotatable bonds is 4. The molecule has 0 radical (unpaired) electrons. The lowest BCUT2D eigenvalue weighted by Crippen LogP contribution is -2.48. The van der Waals surface area contributed by atoms with Crippen molar-refractivity contribution < 1.29 is 13.9 Å². The van der Waals surface area contributed by atoms with E-state index in [1.807, 2.05) is 36.1 Å². The fraction of sp³-hybridized carbons (Fsp3) is 0.400. The monoisotopic (exact) mass is 302 g/mol. The smallest absolute Gasteiger partial charge is 0.247 e. The quantitative estimate of drug-likeness (QED) is 0.915. The Hall–Kier alpha value is -2.41. The second-order valence-electron chi connectivity index (χ2n) is 5.17. The summed E-state index contributed by atoms with van der Waals surface area (Å²) in [7, 11) is 1.62. The molecule has 2 heterocycles. The normalized spacial score (nSPS) is 17.1. The Morgan fingerprint density at radius 2 is 2.09 bits per heavy atom. The first kappa shape index (κ1) is 14.5. The van der Waals surface area contributed by atoms with Gasteiger partial charge in [0.15, 0.2) is 0 Å². The number of nitrogens with one attached hydrogen (secondary N) is 1. The van der Waals surface area contributed by atoms with Gasteiger partial charge in [0.2, 0.25) is 17.7 Å². The van der Waals surface area contributed by atoms with Crippen molar-refractivity contribution in [3.05, 3.63) is 30.2 Å². The standard InChI is InChI=1S/C15H18N4O3/c1-10(19-8-7-16-13(20)9-19)14-17-18-15(22-14)11-3-5-12(21-2)6-4-11/h3-6,10H,7-9H2,1-2H3,(H,16,20)/t10-/m1/s1. The van der Waals surface area contributed by atoms with Crippen LogP contribution >= 0.6 is 0 Å². The van der Waals surface area contributed by atoms with Crippen LogP contribution in [0, 0.1) is 0 Å². The van der Waals surface area contributed by atoms with Gasteiger partial charge in [0.25, 0.3) is 0 Å². The molecule has 2 aromatic rings. The molecule has 3 rings (SSSR count). The summed E-state index contributed by atoms with van der Waals surface area (Å²) in [6.07, 6.45) is 0. The van der Waals surface area contributed by atoms with Crippen LogP contribution in [0.5, 0.6) is 5.75 Å². The van der Waals surface area contributed by atoms with Gasteiger partial charge in [-0.3, -0.25) is 9.69 Å². The Labute approximate surface area is 128 Å². The van der Waals surface area contributed by atoms with Crippen LogP contribution in [0.3, 0.4) is 0 Å². The lowest BCUT2D eigenvalue weighted by Gasteiger charge is -2.29. The average Bonchev–Trinajstić information content (AvgIpc) is 3.04. The summed E-state index contributed by atoms with van der Waals surface area (Å²) < 4.78 is 10.9. The summed E-state index contributed by atoms with van der Waals surface area (Å²) in [6, 6.07) is 7.34. The van der Waals surface area contributed by atoms with Crippen molar-refractivity contribution in [2.45, 2.75) is 13.0 Å². The van der Waals surface area contributed by atoms with E-state index in [0.29, 0.717) is 24.9 Å². The predicted octanol–water partition coefficient (Wildman–Crippen LogP) is 1.24. The number of amides is 1. The van der Waals surface area contributed by atoms with E-state index < -0.39 is 0 Å². The first-order valence-electron chi connectivity index (χ1n) is 7.16. The summed E-state index contributed by atoms with van der Waals surface area (Å²) in [4.78, 5) is 13.5. The van der Waals surface area contributed by atoms with Gasteiger partial charge in [-0.05, 0) is 31.2 Å². The minimum atomic E-state index is -0.0921. The third-order valence-corrected chi connectivity index (χ3v) is 3.75. The van der Waals surface area contributed by atoms with Crippen LogP contribution in [0.1, 0.15) is 18.9 Å². The number of piperazine rings is 1. The molecule has 7 heteroatoms. The third kappa shape index (κ3) is 2.94. The van der Waals surface area contributed by atoms with Gasteiger partial charge in [0.05, 0.1) is 19.7 Å². The Balaban J connectivity index is 1.76. The van der Waals surface area contributed by atoms with E-state index in [1.165, 1.54) is 0 Å². The highest BCUT2D eigenvalue weighted by atomic mass is 16.5. The molecule has 0 bridgehead atoms. The van der Waals surface area contributed by atoms with Gasteiger partial charge in [0.1, 0.15) is 5.75 Å². The highest BCUT2D eigenvalue weighted by Crippen LogP contribution is 2.25. The lowest BCUT2D eigenvalue weighted by atomic mass is 10.2. The number of aromatic nitrogens is 2. The molecule has 0 aliphatic carbocycles. The number of benzene rings is 1. The fourth-order valence-electron chi connectivity index (χ4n) is 2.40. The van der Waals surface area contributed by atoms with Crippen LogP contribution in [0.15, 0.2) is 28.7 Å². The zero-order valence-electron chi connectivity index (χ0n) is 12.6. The number of methoxy groups -OCH3 is 1. The number of carbonyl (C=O) groups is 1. The minimum Gasteiger partial charge on any atom is -0.497 e. The van der Waals surface area contributed by atoms with Crippen molar-refractivity contribution in [2.75, 3.05) is 26.7 Å². The molecule has 1 aliphatic heterocycles. The molecule has 22 heavy (non-hydrogen) atoms. The van der Waals surface area contributed by atoms with E-state index in [0.717, 1.165) is 17.9 Å². The number of nitrogens with zero attached hydrogens (tertiary/aromatic N) is 3. The number of carbonyl (C=O) groups excluding carboxylic acids is 1. The molecular weight excluding hydrogens is 284 g/mol. The Morgan fingerprint density at radius 1 is 1.32 bits per heavy atom. The van der Waals surface area contributed by atoms with Crippen LogP contribution in [0.4, 0.5) is 0 Å². The molecule has 1 aromatic carbocycles. The second-order valence-corrected chi connectivity index (χ2v) is 5.17. The van der Waals surface area contributed by atoms with E-state index >= 15 is 0 Å². The molecule has 1 N–H and O–H groups in total. The Kier molecular flexibility index (Phi) is 4.06. The molecule has 1 amide bonds. The maximum Gasteiger partial charge on any atom is 0.247 e. The van der Waals surface area contributed by atoms with Gasteiger partial charge in [-0.1, -0.05) is 0 Å². The SMILES string of the molecule is COc1ccc(-c2nnc([C@@H](C)N3CCNC(=O)C3)o2)cc1. The maximum atomic E-state index is 11.5. The van der Waals surface area contributed by atoms with Gasteiger partial charge < -0.3 is 14.5 Å². The number of hydrogen-bond acceptors (Lipinski definition) is 6. The lowest BCUT2D eigenvalue weighted by molar-refractivity contribution is -0.124. The number of ether oxygens (including phenoxy) is 1. The van der Waals surface area contributed by atoms with E-state index in [9.17, 15) is 4.79 Å². The van der Waals surface area contributed by atoms with Crippen LogP contribution in [0.2, 0.25) is 0 Å². The summed E-state index contributed by atoms with van der Waals surface area (Å²) in [5, 5.41) is 11.0. The predicted molar refractivity (Wildman–Crippen MR) is 79.3 cm³/mol. The molecule has 1 aromatic heterocycles. The highest BCUT2D eigenvalue weighted by Gasteiger charge is 2.26. The van der Waals surface area contributed by atoms with Gasteiger partial charge in [0, 0.05) is 18.7 Å². The first-order valence-corrected chi connectivity index (χ1v) is 7.16. The van der Waals surface area contributed by atoms with E-state index in [1.54, 1.807) is 7.11 Å². The van der Waals surface area contributed by atoms with Crippen molar-refractivity contribution in [3.8, 4) is 17.2 Å². The summed E-state index contributed by atoms with van der Waals surface area (Å²) in [5.74, 6) is 1.77. The minimum absolute atomic E-state index is 0.0213. The van der Waals surface area contributed by atoms with Crippen molar-refractivity contribution in [2.24, 2.45) is 0 Å². The second kappa shape index (κ2) is 6.15. The van der Waals surface area contributed by atoms with Gasteiger partial charge >= 0.3 is 0 Å². The zero-order chi connectivity index (χ0) is 15.5. The van der Waals surface area contributed by atoms with Crippen molar-refractivity contribution >= 4 is 5.91 Å². The van der Waals surface area contributed by atoms with Crippen molar-refractivity contribution in [1.29, 1.82) is 0 Å². The van der Waals surface area contributed by atoms with Gasteiger partial charge in [-0.15, -0.1) is 10.2 Å². The molecule has 0 saturated carbocycles. The van der Waals surface area contributed by atoms with Gasteiger partial charge in [-0.25, -0.2) is 0 Å². The third-order valence-electron chi connectivity index (χ3n) is 3.75. The molecular formula is C15H18N4O3. The molecule has 1 fully saturated rings. The first-order chi connectivity index (χ1) is 10.7. The van der Waals surface area contributed by atoms with Crippen LogP contribution in [-0.2, 0) is 4.79 Å². The summed E-state index contributed by atoms with van der Waals surface area (Å²) in [5.41, 5.74) is 0.836. The van der Waals surface area contributed by atoms with E-state index in [-0.39, 0.29) is 11.9 Å². The average molecular weight is 302 g/mol. The zero-order valence-corrected chi connectivity index (χ0v) is 12.6. The molecule has 7 nitrogen and oxygen atoms in total. The Bertz CT molecular complexity index is 653. The topological polar surface area (TPSA) is 80.5 Å². The Morgan fingerprint density at radius 3 is 2.77 bits per heavy atom. The molecule has 1 atom stereocenters. The summed E-state index contributed by atoms with van der Waals surface area (Å²) in [6.45, 7) is 3.72. The number of hydrogen-bond donors (Lipinski definition) is 1. The molecule has 1 saturated heterocycles. The van der Waals surface area contributed by atoms with Crippen molar-refractivity contribution in [3.63, 3.8) is 0 Å². The van der Waals surface area contributed by atoms with Gasteiger partial charge in [-0.2, -0.15) is 0 Å². The highest BCUT2D eigenvalue weighted by molar-refractivity contribution is 5.78. The summed E-state index contributed by atoms with van der Waals surface area (Å²) >= 11 is 0. The fourth-order valence-corrected chi connectivity index (χ4v) is 2.40. The van der Waals surface area contributed by atoms with E-state index in [2.05, 4.69) is 15.5 Å².